The van der Waals surface area contributed by atoms with E-state index < -0.39 is 0 Å². The topological polar surface area (TPSA) is 50.9 Å². The maximum Gasteiger partial charge on any atom is 0.0951 e. The molecule has 0 atom stereocenters. The Morgan fingerprint density at radius 2 is 1.71 bits per heavy atom. The molecule has 0 saturated heterocycles. The summed E-state index contributed by atoms with van der Waals surface area (Å²) >= 11 is 0. The lowest BCUT2D eigenvalue weighted by Gasteiger charge is -2.16. The molecule has 0 unspecified atom stereocenters. The number of hydrogen-bond acceptors (Lipinski definition) is 3. The van der Waals surface area contributed by atoms with E-state index in [-0.39, 0.29) is 0 Å². The van der Waals surface area contributed by atoms with Crippen molar-refractivity contribution in [3.05, 3.63) is 65.9 Å². The van der Waals surface area contributed by atoms with Crippen LogP contribution in [-0.2, 0) is 12.8 Å². The van der Waals surface area contributed by atoms with Gasteiger partial charge in [-0.25, -0.2) is 0 Å². The van der Waals surface area contributed by atoms with Gasteiger partial charge in [0, 0.05) is 23.3 Å². The molecule has 3 aromatic rings. The number of nitrogens with zero attached hydrogens (tertiary/aromatic N) is 1. The molecule has 3 nitrogen and oxygen atoms in total. The first-order chi connectivity index (χ1) is 10.3. The van der Waals surface area contributed by atoms with Crippen molar-refractivity contribution >= 4 is 22.3 Å². The van der Waals surface area contributed by atoms with Gasteiger partial charge in [0.15, 0.2) is 0 Å². The smallest absolute Gasteiger partial charge is 0.0951 e. The zero-order valence-corrected chi connectivity index (χ0v) is 11.7. The van der Waals surface area contributed by atoms with Crippen LogP contribution in [0.2, 0.25) is 0 Å². The number of benzene rings is 2. The number of nitrogens with one attached hydrogen (secondary N) is 1. The van der Waals surface area contributed by atoms with Crippen molar-refractivity contribution < 1.29 is 0 Å². The van der Waals surface area contributed by atoms with E-state index >= 15 is 0 Å². The highest BCUT2D eigenvalue weighted by molar-refractivity contribution is 5.98. The maximum atomic E-state index is 6.01. The van der Waals surface area contributed by atoms with E-state index in [0.717, 1.165) is 35.1 Å². The summed E-state index contributed by atoms with van der Waals surface area (Å²) in [6.07, 6.45) is 3.93. The molecule has 1 aromatic heterocycles. The average Bonchev–Trinajstić information content (AvgIpc) is 2.93. The van der Waals surface area contributed by atoms with E-state index in [9.17, 15) is 0 Å². The van der Waals surface area contributed by atoms with Crippen LogP contribution in [0.15, 0.2) is 54.7 Å². The van der Waals surface area contributed by atoms with Gasteiger partial charge in [-0.3, -0.25) is 4.98 Å². The fraction of sp³-hybridized carbons (Fsp3) is 0.167. The first-order valence-corrected chi connectivity index (χ1v) is 7.28. The molecule has 104 valence electrons. The van der Waals surface area contributed by atoms with Gasteiger partial charge in [-0.15, -0.1) is 0 Å². The van der Waals surface area contributed by atoms with Gasteiger partial charge in [0.1, 0.15) is 0 Å². The lowest BCUT2D eigenvalue weighted by Crippen LogP contribution is -2.19. The van der Waals surface area contributed by atoms with Gasteiger partial charge < -0.3 is 11.1 Å². The summed E-state index contributed by atoms with van der Waals surface area (Å²) in [5, 5.41) is 4.75. The number of anilines is 2. The second-order valence-corrected chi connectivity index (χ2v) is 5.62. The predicted octanol–water partition coefficient (Wildman–Crippen LogP) is 3.40. The van der Waals surface area contributed by atoms with Crippen molar-refractivity contribution in [2.75, 3.05) is 11.1 Å². The Kier molecular flexibility index (Phi) is 2.78. The molecule has 1 aliphatic rings. The molecular formula is C18H17N3. The Morgan fingerprint density at radius 1 is 0.952 bits per heavy atom. The SMILES string of the molecule is Nc1ccc(NC2Cc3ccccc3C2)c2cccnc12. The summed E-state index contributed by atoms with van der Waals surface area (Å²) < 4.78 is 0. The second kappa shape index (κ2) is 4.77. The van der Waals surface area contributed by atoms with E-state index in [2.05, 4.69) is 46.7 Å². The Bertz CT molecular complexity index is 785. The number of rotatable bonds is 2. The first kappa shape index (κ1) is 12.2. The third kappa shape index (κ3) is 2.11. The molecule has 0 fully saturated rings. The third-order valence-electron chi connectivity index (χ3n) is 4.21. The van der Waals surface area contributed by atoms with Crippen molar-refractivity contribution in [3.63, 3.8) is 0 Å². The summed E-state index contributed by atoms with van der Waals surface area (Å²) in [4.78, 5) is 4.39. The van der Waals surface area contributed by atoms with E-state index in [1.165, 1.54) is 11.1 Å². The molecule has 3 heteroatoms. The number of pyridine rings is 1. The van der Waals surface area contributed by atoms with E-state index in [1.807, 2.05) is 12.1 Å². The van der Waals surface area contributed by atoms with E-state index in [1.54, 1.807) is 6.20 Å². The molecule has 0 aliphatic heterocycles. The molecule has 0 saturated carbocycles. The highest BCUT2D eigenvalue weighted by Gasteiger charge is 2.21. The molecule has 0 amide bonds. The highest BCUT2D eigenvalue weighted by atomic mass is 14.9. The van der Waals surface area contributed by atoms with Crippen LogP contribution in [0.25, 0.3) is 10.9 Å². The number of aromatic nitrogens is 1. The quantitative estimate of drug-likeness (QED) is 0.705. The van der Waals surface area contributed by atoms with Crippen molar-refractivity contribution in [1.82, 2.24) is 4.98 Å². The van der Waals surface area contributed by atoms with Crippen LogP contribution in [0.4, 0.5) is 11.4 Å². The van der Waals surface area contributed by atoms with Crippen LogP contribution in [0.3, 0.4) is 0 Å². The van der Waals surface area contributed by atoms with Crippen LogP contribution in [0.1, 0.15) is 11.1 Å². The molecule has 0 bridgehead atoms. The molecule has 1 heterocycles. The lowest BCUT2D eigenvalue weighted by molar-refractivity contribution is 0.775. The Balaban J connectivity index is 1.66. The molecule has 21 heavy (non-hydrogen) atoms. The van der Waals surface area contributed by atoms with Gasteiger partial charge in [-0.2, -0.15) is 0 Å². The summed E-state index contributed by atoms with van der Waals surface area (Å²) in [6, 6.07) is 17.1. The fourth-order valence-electron chi connectivity index (χ4n) is 3.20. The van der Waals surface area contributed by atoms with Gasteiger partial charge in [0.25, 0.3) is 0 Å². The van der Waals surface area contributed by atoms with E-state index in [0.29, 0.717) is 6.04 Å². The van der Waals surface area contributed by atoms with Gasteiger partial charge in [0.2, 0.25) is 0 Å². The summed E-state index contributed by atoms with van der Waals surface area (Å²) in [6.45, 7) is 0. The third-order valence-corrected chi connectivity index (χ3v) is 4.21. The monoisotopic (exact) mass is 275 g/mol. The van der Waals surface area contributed by atoms with Crippen molar-refractivity contribution in [2.24, 2.45) is 0 Å². The van der Waals surface area contributed by atoms with E-state index in [4.69, 9.17) is 5.73 Å². The van der Waals surface area contributed by atoms with Crippen LogP contribution in [-0.4, -0.2) is 11.0 Å². The van der Waals surface area contributed by atoms with Crippen LogP contribution >= 0.6 is 0 Å². The van der Waals surface area contributed by atoms with Gasteiger partial charge >= 0.3 is 0 Å². The lowest BCUT2D eigenvalue weighted by atomic mass is 10.1. The molecule has 1 aliphatic carbocycles. The minimum absolute atomic E-state index is 0.439. The second-order valence-electron chi connectivity index (χ2n) is 5.62. The van der Waals surface area contributed by atoms with Crippen LogP contribution < -0.4 is 11.1 Å². The minimum atomic E-state index is 0.439. The molecule has 0 radical (unpaired) electrons. The van der Waals surface area contributed by atoms with Crippen molar-refractivity contribution in [2.45, 2.75) is 18.9 Å². The van der Waals surface area contributed by atoms with Gasteiger partial charge in [-0.1, -0.05) is 24.3 Å². The van der Waals surface area contributed by atoms with Crippen molar-refractivity contribution in [3.8, 4) is 0 Å². The molecule has 2 aromatic carbocycles. The summed E-state index contributed by atoms with van der Waals surface area (Å²) in [5.41, 5.74) is 11.6. The number of hydrogen-bond donors (Lipinski definition) is 2. The minimum Gasteiger partial charge on any atom is -0.397 e. The van der Waals surface area contributed by atoms with Crippen LogP contribution in [0.5, 0.6) is 0 Å². The molecule has 4 rings (SSSR count). The summed E-state index contributed by atoms with van der Waals surface area (Å²) in [5.74, 6) is 0. The number of fused-ring (bicyclic) bond motifs is 2. The predicted molar refractivity (Wildman–Crippen MR) is 87.4 cm³/mol. The first-order valence-electron chi connectivity index (χ1n) is 7.28. The highest BCUT2D eigenvalue weighted by Crippen LogP contribution is 2.30. The zero-order chi connectivity index (χ0) is 14.2. The number of nitrogen functional groups attached to an aromatic ring is 1. The van der Waals surface area contributed by atoms with Crippen LogP contribution in [0, 0.1) is 0 Å². The normalized spacial score (nSPS) is 14.3. The Hall–Kier alpha value is -2.55. The Morgan fingerprint density at radius 3 is 2.48 bits per heavy atom. The zero-order valence-electron chi connectivity index (χ0n) is 11.7. The van der Waals surface area contributed by atoms with Crippen molar-refractivity contribution in [1.29, 1.82) is 0 Å². The molecule has 3 N–H and O–H groups in total. The largest absolute Gasteiger partial charge is 0.397 e. The molecule has 0 spiro atoms. The van der Waals surface area contributed by atoms with Gasteiger partial charge in [0.05, 0.1) is 11.2 Å². The standard InChI is InChI=1S/C18H17N3/c19-16-7-8-17(15-6-3-9-20-18(15)16)21-14-10-12-4-1-2-5-13(12)11-14/h1-9,14,21H,10-11,19H2. The molecular weight excluding hydrogens is 258 g/mol. The number of nitrogens with two attached hydrogens (primary N) is 1. The fourth-order valence-corrected chi connectivity index (χ4v) is 3.20. The Labute approximate surface area is 123 Å². The van der Waals surface area contributed by atoms with Gasteiger partial charge in [-0.05, 0) is 48.2 Å². The average molecular weight is 275 g/mol. The summed E-state index contributed by atoms with van der Waals surface area (Å²) in [7, 11) is 0. The maximum absolute atomic E-state index is 6.01.